The Labute approximate surface area is 138 Å². The van der Waals surface area contributed by atoms with Gasteiger partial charge in [-0.15, -0.1) is 0 Å². The van der Waals surface area contributed by atoms with Crippen molar-refractivity contribution in [2.45, 2.75) is 0 Å². The Morgan fingerprint density at radius 2 is 1.74 bits per heavy atom. The molecule has 7 heteroatoms. The highest BCUT2D eigenvalue weighted by Gasteiger charge is 2.15. The molecule has 0 aromatic carbocycles. The van der Waals surface area contributed by atoms with Crippen LogP contribution in [-0.4, -0.2) is 82.6 Å². The van der Waals surface area contributed by atoms with E-state index in [2.05, 4.69) is 32.8 Å². The fourth-order valence-electron chi connectivity index (χ4n) is 2.95. The minimum absolute atomic E-state index is 0.571. The highest BCUT2D eigenvalue weighted by atomic mass is 16.5. The van der Waals surface area contributed by atoms with E-state index in [4.69, 9.17) is 15.2 Å². The van der Waals surface area contributed by atoms with Gasteiger partial charge in [0.1, 0.15) is 11.6 Å². The largest absolute Gasteiger partial charge is 0.384 e. The Kier molecular flexibility index (Phi) is 5.53. The van der Waals surface area contributed by atoms with Crippen LogP contribution in [-0.2, 0) is 9.47 Å². The van der Waals surface area contributed by atoms with E-state index in [1.807, 2.05) is 6.07 Å². The molecule has 0 aliphatic carbocycles. The zero-order valence-corrected chi connectivity index (χ0v) is 13.9. The third kappa shape index (κ3) is 4.46. The Balaban J connectivity index is 1.62. The van der Waals surface area contributed by atoms with Crippen molar-refractivity contribution in [2.24, 2.45) is 0 Å². The zero-order chi connectivity index (χ0) is 16.1. The van der Waals surface area contributed by atoms with Crippen molar-refractivity contribution < 1.29 is 9.47 Å². The molecule has 0 atom stereocenters. The average Bonchev–Trinajstić information content (AvgIpc) is 2.61. The van der Waals surface area contributed by atoms with Gasteiger partial charge in [-0.05, 0) is 0 Å². The molecular formula is C16H27N5O2. The minimum atomic E-state index is 0.571. The number of likely N-dealkylation sites (N-methyl/N-ethyl adjacent to an activating group) is 1. The van der Waals surface area contributed by atoms with Crippen LogP contribution in [0.15, 0.2) is 12.1 Å². The van der Waals surface area contributed by atoms with Crippen LogP contribution < -0.4 is 15.5 Å². The predicted molar refractivity (Wildman–Crippen MR) is 92.2 cm³/mol. The van der Waals surface area contributed by atoms with Crippen LogP contribution in [0.3, 0.4) is 0 Å². The van der Waals surface area contributed by atoms with Crippen LogP contribution in [0.1, 0.15) is 0 Å². The molecular weight excluding hydrogens is 294 g/mol. The Hall–Kier alpha value is -1.57. The quantitative estimate of drug-likeness (QED) is 0.835. The van der Waals surface area contributed by atoms with Gasteiger partial charge >= 0.3 is 0 Å². The number of ether oxygens (including phenoxy) is 2. The van der Waals surface area contributed by atoms with E-state index in [0.29, 0.717) is 5.82 Å². The number of nitrogen functional groups attached to an aromatic ring is 1. The number of hydrogen-bond donors (Lipinski definition) is 1. The molecule has 128 valence electrons. The smallest absolute Gasteiger partial charge is 0.132 e. The number of nitrogens with two attached hydrogens (primary N) is 1. The number of rotatable bonds is 5. The molecule has 0 spiro atoms. The Bertz CT molecular complexity index is 501. The zero-order valence-electron chi connectivity index (χ0n) is 13.9. The fourth-order valence-corrected chi connectivity index (χ4v) is 2.95. The molecule has 0 amide bonds. The van der Waals surface area contributed by atoms with Gasteiger partial charge in [0, 0.05) is 64.1 Å². The third-order valence-corrected chi connectivity index (χ3v) is 4.44. The summed E-state index contributed by atoms with van der Waals surface area (Å²) in [4.78, 5) is 11.4. The molecule has 2 fully saturated rings. The van der Waals surface area contributed by atoms with Gasteiger partial charge in [0.15, 0.2) is 0 Å². The number of aromatic nitrogens is 1. The first-order valence-corrected chi connectivity index (χ1v) is 8.34. The van der Waals surface area contributed by atoms with E-state index in [9.17, 15) is 0 Å². The Morgan fingerprint density at radius 1 is 1.09 bits per heavy atom. The molecule has 1 aromatic heterocycles. The normalized spacial score (nSPS) is 19.8. The molecule has 2 aliphatic heterocycles. The Morgan fingerprint density at radius 3 is 2.43 bits per heavy atom. The van der Waals surface area contributed by atoms with Gasteiger partial charge in [-0.3, -0.25) is 4.90 Å². The maximum absolute atomic E-state index is 6.02. The maximum Gasteiger partial charge on any atom is 0.132 e. The molecule has 3 heterocycles. The second-order valence-electron chi connectivity index (χ2n) is 6.08. The molecule has 3 rings (SSSR count). The maximum atomic E-state index is 6.02. The van der Waals surface area contributed by atoms with E-state index < -0.39 is 0 Å². The minimum Gasteiger partial charge on any atom is -0.384 e. The summed E-state index contributed by atoms with van der Waals surface area (Å²) in [5, 5.41) is 0. The first-order valence-electron chi connectivity index (χ1n) is 8.34. The van der Waals surface area contributed by atoms with Gasteiger partial charge in [-0.1, -0.05) is 0 Å². The summed E-state index contributed by atoms with van der Waals surface area (Å²) in [7, 11) is 2.07. The van der Waals surface area contributed by atoms with Gasteiger partial charge < -0.3 is 25.0 Å². The van der Waals surface area contributed by atoms with Gasteiger partial charge in [-0.2, -0.15) is 0 Å². The van der Waals surface area contributed by atoms with E-state index in [1.54, 1.807) is 0 Å². The van der Waals surface area contributed by atoms with Crippen molar-refractivity contribution in [2.75, 3.05) is 88.3 Å². The number of anilines is 3. The lowest BCUT2D eigenvalue weighted by atomic mass is 10.3. The molecule has 23 heavy (non-hydrogen) atoms. The lowest BCUT2D eigenvalue weighted by Crippen LogP contribution is -2.41. The summed E-state index contributed by atoms with van der Waals surface area (Å²) in [6, 6.07) is 4.08. The van der Waals surface area contributed by atoms with E-state index in [-0.39, 0.29) is 0 Å². The first kappa shape index (κ1) is 16.3. The molecule has 2 aliphatic rings. The van der Waals surface area contributed by atoms with Crippen molar-refractivity contribution in [3.63, 3.8) is 0 Å². The second-order valence-corrected chi connectivity index (χ2v) is 6.08. The topological polar surface area (TPSA) is 67.1 Å². The third-order valence-electron chi connectivity index (χ3n) is 4.44. The standard InChI is InChI=1S/C16H27N5O2/c1-19(2-3-20-4-8-22-9-5-20)16-13-14(12-15(17)18-16)21-6-10-23-11-7-21/h12-13H,2-11H2,1H3,(H2,17,18). The van der Waals surface area contributed by atoms with Crippen LogP contribution in [0.2, 0.25) is 0 Å². The first-order chi connectivity index (χ1) is 11.2. The van der Waals surface area contributed by atoms with Crippen molar-refractivity contribution in [3.05, 3.63) is 12.1 Å². The molecule has 0 unspecified atom stereocenters. The number of pyridine rings is 1. The van der Waals surface area contributed by atoms with Gasteiger partial charge in [0.2, 0.25) is 0 Å². The highest BCUT2D eigenvalue weighted by molar-refractivity contribution is 5.61. The fraction of sp³-hybridized carbons (Fsp3) is 0.688. The molecule has 2 saturated heterocycles. The summed E-state index contributed by atoms with van der Waals surface area (Å²) in [5.41, 5.74) is 7.15. The summed E-state index contributed by atoms with van der Waals surface area (Å²) in [5.74, 6) is 1.50. The summed E-state index contributed by atoms with van der Waals surface area (Å²) in [6.45, 7) is 8.98. The van der Waals surface area contributed by atoms with E-state index in [1.165, 1.54) is 0 Å². The van der Waals surface area contributed by atoms with Crippen LogP contribution in [0, 0.1) is 0 Å². The van der Waals surface area contributed by atoms with Crippen LogP contribution in [0.5, 0.6) is 0 Å². The molecule has 7 nitrogen and oxygen atoms in total. The van der Waals surface area contributed by atoms with Crippen LogP contribution in [0.4, 0.5) is 17.3 Å². The van der Waals surface area contributed by atoms with Crippen molar-refractivity contribution >= 4 is 17.3 Å². The second kappa shape index (κ2) is 7.81. The number of nitrogens with zero attached hydrogens (tertiary/aromatic N) is 4. The molecule has 0 saturated carbocycles. The summed E-state index contributed by atoms with van der Waals surface area (Å²) in [6.07, 6.45) is 0. The molecule has 0 radical (unpaired) electrons. The van der Waals surface area contributed by atoms with Gasteiger partial charge in [0.05, 0.1) is 26.4 Å². The number of hydrogen-bond acceptors (Lipinski definition) is 7. The van der Waals surface area contributed by atoms with Gasteiger partial charge in [-0.25, -0.2) is 4.98 Å². The van der Waals surface area contributed by atoms with E-state index >= 15 is 0 Å². The SMILES string of the molecule is CN(CCN1CCOCC1)c1cc(N2CCOCC2)cc(N)n1. The monoisotopic (exact) mass is 321 g/mol. The summed E-state index contributed by atoms with van der Waals surface area (Å²) < 4.78 is 10.8. The van der Waals surface area contributed by atoms with Crippen molar-refractivity contribution in [1.82, 2.24) is 9.88 Å². The highest BCUT2D eigenvalue weighted by Crippen LogP contribution is 2.23. The predicted octanol–water partition coefficient (Wildman–Crippen LogP) is 0.269. The number of morpholine rings is 2. The lowest BCUT2D eigenvalue weighted by molar-refractivity contribution is 0.0393. The van der Waals surface area contributed by atoms with Gasteiger partial charge in [0.25, 0.3) is 0 Å². The molecule has 2 N–H and O–H groups in total. The summed E-state index contributed by atoms with van der Waals surface area (Å²) >= 11 is 0. The lowest BCUT2D eigenvalue weighted by Gasteiger charge is -2.31. The average molecular weight is 321 g/mol. The van der Waals surface area contributed by atoms with Crippen molar-refractivity contribution in [3.8, 4) is 0 Å². The molecule has 1 aromatic rings. The van der Waals surface area contributed by atoms with Crippen molar-refractivity contribution in [1.29, 1.82) is 0 Å². The van der Waals surface area contributed by atoms with Crippen LogP contribution in [0.25, 0.3) is 0 Å². The van der Waals surface area contributed by atoms with E-state index in [0.717, 1.165) is 77.2 Å². The molecule has 0 bridgehead atoms. The van der Waals surface area contributed by atoms with Crippen LogP contribution >= 0.6 is 0 Å².